The number of rotatable bonds is 7. The zero-order valence-corrected chi connectivity index (χ0v) is 18.8. The highest BCUT2D eigenvalue weighted by atomic mass is 32.1. The molecule has 1 unspecified atom stereocenters. The highest BCUT2D eigenvalue weighted by Gasteiger charge is 2.12. The van der Waals surface area contributed by atoms with Crippen LogP contribution in [0.4, 0.5) is 0 Å². The van der Waals surface area contributed by atoms with Crippen LogP contribution in [-0.4, -0.2) is 62.6 Å². The Balaban J connectivity index is 1.42. The Hall–Kier alpha value is -1.89. The third-order valence-corrected chi connectivity index (χ3v) is 6.63. The fourth-order valence-corrected chi connectivity index (χ4v) is 4.39. The Bertz CT molecular complexity index is 741. The maximum Gasteiger partial charge on any atom is 0.191 e. The average Bonchev–Trinajstić information content (AvgIpc) is 3.20. The van der Waals surface area contributed by atoms with Gasteiger partial charge in [-0.2, -0.15) is 0 Å². The fraction of sp³-hybridized carbons (Fsp3) is 0.522. The van der Waals surface area contributed by atoms with Crippen LogP contribution in [0, 0.1) is 0 Å². The number of hydrogen-bond acceptors (Lipinski definition) is 4. The van der Waals surface area contributed by atoms with Crippen LogP contribution in [0.15, 0.2) is 46.8 Å². The van der Waals surface area contributed by atoms with Crippen LogP contribution in [0.5, 0.6) is 0 Å². The molecule has 1 saturated heterocycles. The maximum absolute atomic E-state index is 4.35. The highest BCUT2D eigenvalue weighted by molar-refractivity contribution is 7.10. The van der Waals surface area contributed by atoms with E-state index in [0.717, 1.165) is 32.1 Å². The van der Waals surface area contributed by atoms with E-state index in [1.807, 2.05) is 18.4 Å². The van der Waals surface area contributed by atoms with Crippen molar-refractivity contribution in [1.29, 1.82) is 0 Å². The molecule has 1 aromatic carbocycles. The van der Waals surface area contributed by atoms with Crippen molar-refractivity contribution in [3.05, 3.63) is 57.8 Å². The number of likely N-dealkylation sites (N-methyl/N-ethyl adjacent to an activating group) is 1. The van der Waals surface area contributed by atoms with Crippen LogP contribution in [0.2, 0.25) is 0 Å². The zero-order valence-electron chi connectivity index (χ0n) is 18.0. The van der Waals surface area contributed by atoms with E-state index < -0.39 is 0 Å². The molecule has 29 heavy (non-hydrogen) atoms. The van der Waals surface area contributed by atoms with Crippen LogP contribution >= 0.6 is 11.3 Å². The topological polar surface area (TPSA) is 42.9 Å². The summed E-state index contributed by atoms with van der Waals surface area (Å²) in [5.74, 6) is 1.33. The third-order valence-electron chi connectivity index (χ3n) is 5.53. The quantitative estimate of drug-likeness (QED) is 0.540. The molecule has 0 aliphatic carbocycles. The molecule has 1 atom stereocenters. The van der Waals surface area contributed by atoms with Crippen LogP contribution < -0.4 is 10.6 Å². The SMILES string of the molecule is CN=C(NCc1ccc(CN2CCCN(C)CC2)cc1)NCC(C)c1cccs1. The van der Waals surface area contributed by atoms with E-state index >= 15 is 0 Å². The van der Waals surface area contributed by atoms with Crippen LogP contribution in [0.25, 0.3) is 0 Å². The van der Waals surface area contributed by atoms with E-state index in [-0.39, 0.29) is 0 Å². The molecule has 1 aromatic heterocycles. The summed E-state index contributed by atoms with van der Waals surface area (Å²) >= 11 is 1.81. The molecular formula is C23H35N5S. The lowest BCUT2D eigenvalue weighted by Gasteiger charge is -2.20. The van der Waals surface area contributed by atoms with Gasteiger partial charge in [0.05, 0.1) is 0 Å². The molecule has 0 saturated carbocycles. The van der Waals surface area contributed by atoms with E-state index in [9.17, 15) is 0 Å². The minimum Gasteiger partial charge on any atom is -0.356 e. The van der Waals surface area contributed by atoms with Crippen LogP contribution in [0.3, 0.4) is 0 Å². The standard InChI is InChI=1S/C23H35N5S/c1-19(22-6-4-15-29-22)16-25-23(24-2)26-17-20-7-9-21(10-8-20)18-28-12-5-11-27(3)13-14-28/h4,6-10,15,19H,5,11-14,16-18H2,1-3H3,(H2,24,25,26). The average molecular weight is 414 g/mol. The predicted octanol–water partition coefficient (Wildman–Crippen LogP) is 3.35. The second-order valence-corrected chi connectivity index (χ2v) is 8.95. The minimum absolute atomic E-state index is 0.478. The van der Waals surface area contributed by atoms with Gasteiger partial charge in [0.2, 0.25) is 0 Å². The Kier molecular flexibility index (Phi) is 8.52. The van der Waals surface area contributed by atoms with E-state index in [4.69, 9.17) is 0 Å². The van der Waals surface area contributed by atoms with Crippen molar-refractivity contribution in [1.82, 2.24) is 20.4 Å². The predicted molar refractivity (Wildman–Crippen MR) is 125 cm³/mol. The first kappa shape index (κ1) is 21.8. The number of nitrogens with zero attached hydrogens (tertiary/aromatic N) is 3. The lowest BCUT2D eigenvalue weighted by Crippen LogP contribution is -2.38. The van der Waals surface area contributed by atoms with Crippen molar-refractivity contribution >= 4 is 17.3 Å². The monoisotopic (exact) mass is 413 g/mol. The molecule has 0 radical (unpaired) electrons. The Morgan fingerprint density at radius 3 is 2.59 bits per heavy atom. The number of benzene rings is 1. The third kappa shape index (κ3) is 7.14. The Morgan fingerprint density at radius 2 is 1.86 bits per heavy atom. The molecular weight excluding hydrogens is 378 g/mol. The largest absolute Gasteiger partial charge is 0.356 e. The number of hydrogen-bond donors (Lipinski definition) is 2. The van der Waals surface area contributed by atoms with Crippen LogP contribution in [0.1, 0.15) is 35.3 Å². The molecule has 1 fully saturated rings. The normalized spacial score (nSPS) is 17.7. The molecule has 0 bridgehead atoms. The van der Waals surface area contributed by atoms with Crippen molar-refractivity contribution in [2.45, 2.75) is 32.4 Å². The molecule has 5 nitrogen and oxygen atoms in total. The van der Waals surface area contributed by atoms with E-state index in [2.05, 4.69) is 81.2 Å². The second kappa shape index (κ2) is 11.3. The Morgan fingerprint density at radius 1 is 1.07 bits per heavy atom. The molecule has 6 heteroatoms. The maximum atomic E-state index is 4.35. The summed E-state index contributed by atoms with van der Waals surface area (Å²) in [5, 5.41) is 9.00. The number of guanidine groups is 1. The lowest BCUT2D eigenvalue weighted by atomic mass is 10.1. The molecule has 3 rings (SSSR count). The van der Waals surface area contributed by atoms with Gasteiger partial charge >= 0.3 is 0 Å². The highest BCUT2D eigenvalue weighted by Crippen LogP contribution is 2.19. The number of nitrogens with one attached hydrogen (secondary N) is 2. The molecule has 2 N–H and O–H groups in total. The van der Waals surface area contributed by atoms with E-state index in [1.165, 1.54) is 42.1 Å². The first-order valence-electron chi connectivity index (χ1n) is 10.6. The number of thiophene rings is 1. The summed E-state index contributed by atoms with van der Waals surface area (Å²) in [6.07, 6.45) is 1.26. The van der Waals surface area contributed by atoms with Gasteiger partial charge in [-0.3, -0.25) is 9.89 Å². The summed E-state index contributed by atoms with van der Waals surface area (Å²) < 4.78 is 0. The first-order valence-corrected chi connectivity index (χ1v) is 11.5. The smallest absolute Gasteiger partial charge is 0.191 e. The van der Waals surface area contributed by atoms with Gasteiger partial charge < -0.3 is 15.5 Å². The van der Waals surface area contributed by atoms with Gasteiger partial charge in [0.1, 0.15) is 0 Å². The van der Waals surface area contributed by atoms with E-state index in [1.54, 1.807) is 0 Å². The van der Waals surface area contributed by atoms with Gasteiger partial charge in [0.15, 0.2) is 5.96 Å². The minimum atomic E-state index is 0.478. The van der Waals surface area contributed by atoms with E-state index in [0.29, 0.717) is 5.92 Å². The molecule has 1 aliphatic rings. The second-order valence-electron chi connectivity index (χ2n) is 7.97. The van der Waals surface area contributed by atoms with Gasteiger partial charge in [-0.05, 0) is 49.1 Å². The summed E-state index contributed by atoms with van der Waals surface area (Å²) in [5.41, 5.74) is 2.67. The molecule has 1 aliphatic heterocycles. The summed E-state index contributed by atoms with van der Waals surface area (Å²) in [7, 11) is 4.05. The summed E-state index contributed by atoms with van der Waals surface area (Å²) in [6.45, 7) is 9.68. The van der Waals surface area contributed by atoms with Crippen molar-refractivity contribution < 1.29 is 0 Å². The fourth-order valence-electron chi connectivity index (χ4n) is 3.61. The van der Waals surface area contributed by atoms with Gasteiger partial charge in [0.25, 0.3) is 0 Å². The van der Waals surface area contributed by atoms with Gasteiger partial charge in [0, 0.05) is 50.6 Å². The van der Waals surface area contributed by atoms with Crippen molar-refractivity contribution in [2.75, 3.05) is 46.8 Å². The zero-order chi connectivity index (χ0) is 20.5. The van der Waals surface area contributed by atoms with Gasteiger partial charge in [-0.1, -0.05) is 37.3 Å². The van der Waals surface area contributed by atoms with Crippen molar-refractivity contribution in [3.63, 3.8) is 0 Å². The number of aliphatic imine (C=N–C) groups is 1. The molecule has 0 amide bonds. The first-order chi connectivity index (χ1) is 14.1. The van der Waals surface area contributed by atoms with Crippen molar-refractivity contribution in [2.24, 2.45) is 4.99 Å². The Labute approximate surface area is 179 Å². The summed E-state index contributed by atoms with van der Waals surface area (Å²) in [4.78, 5) is 10.8. The van der Waals surface area contributed by atoms with Gasteiger partial charge in [-0.15, -0.1) is 11.3 Å². The molecule has 2 aromatic rings. The van der Waals surface area contributed by atoms with Crippen LogP contribution in [-0.2, 0) is 13.1 Å². The lowest BCUT2D eigenvalue weighted by molar-refractivity contribution is 0.269. The molecule has 0 spiro atoms. The summed E-state index contributed by atoms with van der Waals surface area (Å²) in [6, 6.07) is 13.3. The van der Waals surface area contributed by atoms with Crippen molar-refractivity contribution in [3.8, 4) is 0 Å². The van der Waals surface area contributed by atoms with Gasteiger partial charge in [-0.25, -0.2) is 0 Å². The molecule has 158 valence electrons. The molecule has 2 heterocycles.